The number of nitrogens with zero attached hydrogens (tertiary/aromatic N) is 1. The van der Waals surface area contributed by atoms with E-state index >= 15 is 0 Å². The second-order valence-corrected chi connectivity index (χ2v) is 4.80. The molecule has 0 aromatic heterocycles. The Bertz CT molecular complexity index is 484. The Kier molecular flexibility index (Phi) is 5.64. The first-order valence-electron chi connectivity index (χ1n) is 6.33. The highest BCUT2D eigenvalue weighted by Crippen LogP contribution is 2.39. The normalized spacial score (nSPS) is 28.5. The van der Waals surface area contributed by atoms with Gasteiger partial charge in [-0.2, -0.15) is 8.78 Å². The SMILES string of the molecule is C=CC[C@H](O)[C@H]1O[C@@H](N(/C=C\C(=C)N)C(N)=O)C(F)(F)[C@@H]1O. The summed E-state index contributed by atoms with van der Waals surface area (Å²) in [6.45, 7) is 6.68. The third kappa shape index (κ3) is 3.62. The molecule has 0 aromatic carbocycles. The minimum absolute atomic E-state index is 0.00338. The number of amides is 2. The third-order valence-electron chi connectivity index (χ3n) is 3.06. The molecule has 1 aliphatic heterocycles. The maximum absolute atomic E-state index is 14.1. The number of halogens is 2. The number of alkyl halides is 2. The zero-order chi connectivity index (χ0) is 17.1. The summed E-state index contributed by atoms with van der Waals surface area (Å²) >= 11 is 0. The molecular weight excluding hydrogens is 300 g/mol. The minimum Gasteiger partial charge on any atom is -0.399 e. The van der Waals surface area contributed by atoms with Gasteiger partial charge < -0.3 is 26.4 Å². The van der Waals surface area contributed by atoms with Crippen LogP contribution in [0, 0.1) is 0 Å². The average molecular weight is 319 g/mol. The molecule has 0 aromatic rings. The van der Waals surface area contributed by atoms with E-state index in [4.69, 9.17) is 16.2 Å². The maximum atomic E-state index is 14.1. The van der Waals surface area contributed by atoms with Gasteiger partial charge in [0.15, 0.2) is 6.10 Å². The molecule has 0 unspecified atom stereocenters. The number of nitrogens with two attached hydrogens (primary N) is 2. The molecule has 1 saturated heterocycles. The summed E-state index contributed by atoms with van der Waals surface area (Å²) in [5.74, 6) is -3.85. The van der Waals surface area contributed by atoms with E-state index in [1.165, 1.54) is 6.08 Å². The zero-order valence-corrected chi connectivity index (χ0v) is 11.7. The molecule has 0 spiro atoms. The summed E-state index contributed by atoms with van der Waals surface area (Å²) in [5.41, 5.74) is 10.3. The number of aliphatic hydroxyl groups excluding tert-OH is 2. The number of ether oxygens (including phenoxy) is 1. The van der Waals surface area contributed by atoms with Crippen molar-refractivity contribution in [2.75, 3.05) is 0 Å². The van der Waals surface area contributed by atoms with Crippen molar-refractivity contribution in [1.82, 2.24) is 4.90 Å². The number of urea groups is 1. The van der Waals surface area contributed by atoms with Crippen LogP contribution in [0.2, 0.25) is 0 Å². The largest absolute Gasteiger partial charge is 0.399 e. The fraction of sp³-hybridized carbons (Fsp3) is 0.462. The quantitative estimate of drug-likeness (QED) is 0.406. The number of carbonyl (C=O) groups excluding carboxylic acids is 1. The predicted molar refractivity (Wildman–Crippen MR) is 74.3 cm³/mol. The van der Waals surface area contributed by atoms with Gasteiger partial charge in [-0.25, -0.2) is 4.79 Å². The van der Waals surface area contributed by atoms with E-state index < -0.39 is 36.5 Å². The molecule has 0 bridgehead atoms. The van der Waals surface area contributed by atoms with Crippen LogP contribution >= 0.6 is 0 Å². The van der Waals surface area contributed by atoms with Gasteiger partial charge in [0.2, 0.25) is 6.23 Å². The summed E-state index contributed by atoms with van der Waals surface area (Å²) in [6, 6.07) is -1.24. The Morgan fingerprint density at radius 2 is 2.09 bits per heavy atom. The van der Waals surface area contributed by atoms with Crippen molar-refractivity contribution in [2.45, 2.75) is 36.9 Å². The summed E-state index contributed by atoms with van der Waals surface area (Å²) < 4.78 is 33.2. The van der Waals surface area contributed by atoms with Gasteiger partial charge in [0.1, 0.15) is 6.10 Å². The molecule has 7 nitrogen and oxygen atoms in total. The number of hydrogen-bond donors (Lipinski definition) is 4. The van der Waals surface area contributed by atoms with Crippen molar-refractivity contribution in [3.63, 3.8) is 0 Å². The molecule has 0 radical (unpaired) electrons. The second-order valence-electron chi connectivity index (χ2n) is 4.80. The van der Waals surface area contributed by atoms with Crippen LogP contribution in [0.25, 0.3) is 0 Å². The molecule has 6 N–H and O–H groups in total. The van der Waals surface area contributed by atoms with Crippen LogP contribution in [0.4, 0.5) is 13.6 Å². The molecule has 1 heterocycles. The van der Waals surface area contributed by atoms with Crippen LogP contribution in [-0.4, -0.2) is 51.6 Å². The molecule has 4 atom stereocenters. The highest BCUT2D eigenvalue weighted by molar-refractivity contribution is 5.73. The molecule has 0 aliphatic carbocycles. The highest BCUT2D eigenvalue weighted by Gasteiger charge is 2.62. The topological polar surface area (TPSA) is 122 Å². The van der Waals surface area contributed by atoms with Gasteiger partial charge >= 0.3 is 12.0 Å². The van der Waals surface area contributed by atoms with Crippen LogP contribution in [0.1, 0.15) is 6.42 Å². The van der Waals surface area contributed by atoms with E-state index in [0.717, 1.165) is 12.3 Å². The van der Waals surface area contributed by atoms with Crippen LogP contribution < -0.4 is 11.5 Å². The van der Waals surface area contributed by atoms with Gasteiger partial charge in [-0.15, -0.1) is 6.58 Å². The Hall–Kier alpha value is -1.97. The van der Waals surface area contributed by atoms with E-state index in [0.29, 0.717) is 4.90 Å². The second kappa shape index (κ2) is 6.86. The van der Waals surface area contributed by atoms with Crippen molar-refractivity contribution in [2.24, 2.45) is 11.5 Å². The minimum atomic E-state index is -3.85. The predicted octanol–water partition coefficient (Wildman–Crippen LogP) is 0.0113. The number of hydrogen-bond acceptors (Lipinski definition) is 5. The van der Waals surface area contributed by atoms with Gasteiger partial charge in [0, 0.05) is 11.9 Å². The van der Waals surface area contributed by atoms with Crippen LogP contribution in [-0.2, 0) is 4.74 Å². The van der Waals surface area contributed by atoms with Crippen molar-refractivity contribution >= 4 is 6.03 Å². The van der Waals surface area contributed by atoms with E-state index in [2.05, 4.69) is 13.2 Å². The molecule has 1 rings (SSSR count). The molecular formula is C13H19F2N3O4. The van der Waals surface area contributed by atoms with Crippen LogP contribution in [0.15, 0.2) is 37.2 Å². The van der Waals surface area contributed by atoms with Crippen molar-refractivity contribution in [3.05, 3.63) is 37.2 Å². The molecule has 0 saturated carbocycles. The lowest BCUT2D eigenvalue weighted by Crippen LogP contribution is -2.51. The van der Waals surface area contributed by atoms with Crippen molar-refractivity contribution in [3.8, 4) is 0 Å². The van der Waals surface area contributed by atoms with Crippen LogP contribution in [0.3, 0.4) is 0 Å². The number of aliphatic hydroxyl groups is 2. The lowest BCUT2D eigenvalue weighted by Gasteiger charge is -2.27. The molecule has 1 aliphatic rings. The van der Waals surface area contributed by atoms with Gasteiger partial charge in [0.05, 0.1) is 6.10 Å². The number of primary amides is 1. The molecule has 1 fully saturated rings. The van der Waals surface area contributed by atoms with E-state index in [1.807, 2.05) is 0 Å². The van der Waals surface area contributed by atoms with Gasteiger partial charge in [-0.3, -0.25) is 4.90 Å². The Morgan fingerprint density at radius 3 is 2.55 bits per heavy atom. The number of rotatable bonds is 6. The summed E-state index contributed by atoms with van der Waals surface area (Å²) in [6.07, 6.45) is -4.35. The zero-order valence-electron chi connectivity index (χ0n) is 11.7. The summed E-state index contributed by atoms with van der Waals surface area (Å²) in [7, 11) is 0. The first-order valence-corrected chi connectivity index (χ1v) is 6.33. The Labute approximate surface area is 126 Å². The van der Waals surface area contributed by atoms with E-state index in [-0.39, 0.29) is 12.1 Å². The standard InChI is InChI=1S/C13H19F2N3O4/c1-3-4-8(19)9-10(20)13(14,15)11(22-9)18(12(17)21)6-5-7(2)16/h3,5-6,8-11,19-20H,1-2,4,16H2,(H2,17,21)/b6-5-/t8-,9+,10+,11+/m0/s1. The van der Waals surface area contributed by atoms with Crippen LogP contribution in [0.5, 0.6) is 0 Å². The third-order valence-corrected chi connectivity index (χ3v) is 3.06. The summed E-state index contributed by atoms with van der Waals surface area (Å²) in [4.78, 5) is 11.7. The lowest BCUT2D eigenvalue weighted by atomic mass is 10.0. The monoisotopic (exact) mass is 319 g/mol. The maximum Gasteiger partial charge on any atom is 0.321 e. The fourth-order valence-corrected chi connectivity index (χ4v) is 1.98. The van der Waals surface area contributed by atoms with Gasteiger partial charge in [-0.1, -0.05) is 12.7 Å². The Morgan fingerprint density at radius 1 is 1.50 bits per heavy atom. The average Bonchev–Trinajstić information content (AvgIpc) is 2.62. The van der Waals surface area contributed by atoms with E-state index in [9.17, 15) is 23.8 Å². The van der Waals surface area contributed by atoms with Crippen molar-refractivity contribution in [1.29, 1.82) is 0 Å². The molecule has 124 valence electrons. The molecule has 9 heteroatoms. The smallest absolute Gasteiger partial charge is 0.321 e. The lowest BCUT2D eigenvalue weighted by molar-refractivity contribution is -0.145. The first kappa shape index (κ1) is 18.1. The number of carbonyl (C=O) groups is 1. The fourth-order valence-electron chi connectivity index (χ4n) is 1.98. The first-order chi connectivity index (χ1) is 10.1. The van der Waals surface area contributed by atoms with Crippen molar-refractivity contribution < 1.29 is 28.5 Å². The van der Waals surface area contributed by atoms with Gasteiger partial charge in [0.25, 0.3) is 0 Å². The van der Waals surface area contributed by atoms with E-state index in [1.54, 1.807) is 0 Å². The van der Waals surface area contributed by atoms with Gasteiger partial charge in [-0.05, 0) is 12.5 Å². The summed E-state index contributed by atoms with van der Waals surface area (Å²) in [5, 5.41) is 19.4. The Balaban J connectivity index is 3.08. The molecule has 2 amide bonds. The number of allylic oxidation sites excluding steroid dienone is 1. The highest BCUT2D eigenvalue weighted by atomic mass is 19.3. The molecule has 22 heavy (non-hydrogen) atoms.